The van der Waals surface area contributed by atoms with Gasteiger partial charge in [-0.1, -0.05) is 51.1 Å². The van der Waals surface area contributed by atoms with Crippen molar-refractivity contribution in [1.82, 2.24) is 9.80 Å². The van der Waals surface area contributed by atoms with Crippen LogP contribution in [0.2, 0.25) is 18.1 Å². The van der Waals surface area contributed by atoms with Gasteiger partial charge in [0.25, 0.3) is 0 Å². The Balaban J connectivity index is 1.83. The largest absolute Gasteiger partial charge is 0.444 e. The third kappa shape index (κ3) is 5.71. The summed E-state index contributed by atoms with van der Waals surface area (Å²) < 4.78 is 12.5. The van der Waals surface area contributed by atoms with Crippen molar-refractivity contribution in [2.75, 3.05) is 13.2 Å². The monoisotopic (exact) mass is 446 g/mol. The number of likely N-dealkylation sites (tertiary alicyclic amines) is 1. The number of ether oxygens (including phenoxy) is 1. The van der Waals surface area contributed by atoms with Crippen LogP contribution in [0, 0.1) is 0 Å². The number of nitrogens with zero attached hydrogens (tertiary/aromatic N) is 2. The number of rotatable bonds is 5. The molecule has 2 bridgehead atoms. The minimum atomic E-state index is -1.89. The minimum Gasteiger partial charge on any atom is -0.444 e. The second kappa shape index (κ2) is 8.87. The number of carbonyl (C=O) groups excluding carboxylic acids is 1. The SMILES string of the molecule is CC(C)(C)OC(=O)N1[C@@H]2CC[C@H]1[C@@H](CO[Si](C)(C)C(C)(C)C)N(Cc1ccccc1)C2. The molecule has 174 valence electrons. The van der Waals surface area contributed by atoms with Gasteiger partial charge in [-0.15, -0.1) is 0 Å². The van der Waals surface area contributed by atoms with Crippen LogP contribution in [0.25, 0.3) is 0 Å². The number of amides is 1. The van der Waals surface area contributed by atoms with Crippen molar-refractivity contribution in [3.63, 3.8) is 0 Å². The summed E-state index contributed by atoms with van der Waals surface area (Å²) in [4.78, 5) is 17.7. The van der Waals surface area contributed by atoms with Crippen LogP contribution in [0.5, 0.6) is 0 Å². The Hall–Kier alpha value is -1.37. The van der Waals surface area contributed by atoms with Gasteiger partial charge in [-0.3, -0.25) is 9.80 Å². The van der Waals surface area contributed by atoms with Crippen LogP contribution >= 0.6 is 0 Å². The lowest BCUT2D eigenvalue weighted by Crippen LogP contribution is -2.63. The number of carbonyl (C=O) groups is 1. The lowest BCUT2D eigenvalue weighted by atomic mass is 10.0. The highest BCUT2D eigenvalue weighted by Crippen LogP contribution is 2.40. The molecule has 2 fully saturated rings. The second-order valence-electron chi connectivity index (χ2n) is 11.7. The van der Waals surface area contributed by atoms with Gasteiger partial charge in [0.05, 0.1) is 18.7 Å². The summed E-state index contributed by atoms with van der Waals surface area (Å²) in [5.41, 5.74) is 0.829. The quantitative estimate of drug-likeness (QED) is 0.547. The molecular weight excluding hydrogens is 404 g/mol. The van der Waals surface area contributed by atoms with E-state index >= 15 is 0 Å². The summed E-state index contributed by atoms with van der Waals surface area (Å²) in [6.45, 7) is 19.7. The molecule has 3 rings (SSSR count). The fourth-order valence-corrected chi connectivity index (χ4v) is 5.46. The van der Waals surface area contributed by atoms with Crippen molar-refractivity contribution >= 4 is 14.4 Å². The van der Waals surface area contributed by atoms with E-state index in [1.807, 2.05) is 25.7 Å². The zero-order valence-corrected chi connectivity index (χ0v) is 21.8. The molecule has 5 nitrogen and oxygen atoms in total. The van der Waals surface area contributed by atoms with Crippen LogP contribution < -0.4 is 0 Å². The highest BCUT2D eigenvalue weighted by atomic mass is 28.4. The summed E-state index contributed by atoms with van der Waals surface area (Å²) in [5, 5.41) is 0.162. The van der Waals surface area contributed by atoms with Gasteiger partial charge in [-0.2, -0.15) is 0 Å². The lowest BCUT2D eigenvalue weighted by Gasteiger charge is -2.48. The van der Waals surface area contributed by atoms with E-state index in [1.165, 1.54) is 5.56 Å². The van der Waals surface area contributed by atoms with E-state index in [0.29, 0.717) is 6.61 Å². The van der Waals surface area contributed by atoms with Crippen LogP contribution in [0.1, 0.15) is 59.9 Å². The zero-order valence-electron chi connectivity index (χ0n) is 20.8. The Morgan fingerprint density at radius 3 is 2.29 bits per heavy atom. The maximum absolute atomic E-state index is 13.1. The molecule has 1 aromatic rings. The number of hydrogen-bond donors (Lipinski definition) is 0. The maximum atomic E-state index is 13.1. The Bertz CT molecular complexity index is 754. The summed E-state index contributed by atoms with van der Waals surface area (Å²) in [6, 6.07) is 11.2. The summed E-state index contributed by atoms with van der Waals surface area (Å²) >= 11 is 0. The van der Waals surface area contributed by atoms with E-state index in [2.05, 4.69) is 69.1 Å². The third-order valence-electron chi connectivity index (χ3n) is 7.16. The molecule has 1 aromatic carbocycles. The van der Waals surface area contributed by atoms with Gasteiger partial charge in [-0.25, -0.2) is 4.79 Å². The molecule has 0 N–H and O–H groups in total. The number of hydrogen-bond acceptors (Lipinski definition) is 4. The van der Waals surface area contributed by atoms with E-state index in [4.69, 9.17) is 9.16 Å². The standard InChI is InChI=1S/C25H42N2O3Si/c1-24(2,3)30-23(28)27-20-14-15-21(27)22(18-29-31(7,8)25(4,5)6)26(17-20)16-19-12-10-9-11-13-19/h9-13,20-22H,14-18H2,1-8H3/t20-,21+,22-/m1/s1. The normalized spacial score (nSPS) is 25.0. The molecule has 0 spiro atoms. The molecule has 2 aliphatic heterocycles. The van der Waals surface area contributed by atoms with Gasteiger partial charge in [0.2, 0.25) is 0 Å². The molecule has 0 aliphatic carbocycles. The van der Waals surface area contributed by atoms with Gasteiger partial charge in [-0.05, 0) is 57.3 Å². The van der Waals surface area contributed by atoms with Gasteiger partial charge in [0, 0.05) is 19.1 Å². The Morgan fingerprint density at radius 1 is 1.06 bits per heavy atom. The van der Waals surface area contributed by atoms with Gasteiger partial charge < -0.3 is 9.16 Å². The van der Waals surface area contributed by atoms with E-state index in [-0.39, 0.29) is 29.3 Å². The van der Waals surface area contributed by atoms with E-state index in [9.17, 15) is 4.79 Å². The highest BCUT2D eigenvalue weighted by molar-refractivity contribution is 6.74. The molecular formula is C25H42N2O3Si. The van der Waals surface area contributed by atoms with Gasteiger partial charge >= 0.3 is 6.09 Å². The first kappa shape index (κ1) is 24.3. The Morgan fingerprint density at radius 2 is 1.71 bits per heavy atom. The predicted molar refractivity (Wildman–Crippen MR) is 129 cm³/mol. The zero-order chi connectivity index (χ0) is 23.0. The molecule has 0 saturated carbocycles. The van der Waals surface area contributed by atoms with Crippen molar-refractivity contribution in [3.8, 4) is 0 Å². The first-order valence-electron chi connectivity index (χ1n) is 11.7. The molecule has 2 heterocycles. The van der Waals surface area contributed by atoms with Gasteiger partial charge in [0.1, 0.15) is 5.60 Å². The third-order valence-corrected chi connectivity index (χ3v) is 11.7. The number of piperazine rings is 1. The van der Waals surface area contributed by atoms with Crippen LogP contribution in [0.4, 0.5) is 4.79 Å². The topological polar surface area (TPSA) is 42.0 Å². The molecule has 0 radical (unpaired) electrons. The molecule has 0 aromatic heterocycles. The summed E-state index contributed by atoms with van der Waals surface area (Å²) in [5.74, 6) is 0. The van der Waals surface area contributed by atoms with E-state index in [0.717, 1.165) is 25.9 Å². The molecule has 2 aliphatic rings. The fourth-order valence-electron chi connectivity index (χ4n) is 4.44. The number of benzene rings is 1. The summed E-state index contributed by atoms with van der Waals surface area (Å²) in [6.07, 6.45) is 1.88. The summed E-state index contributed by atoms with van der Waals surface area (Å²) in [7, 11) is -1.89. The molecule has 3 atom stereocenters. The second-order valence-corrected chi connectivity index (χ2v) is 16.5. The minimum absolute atomic E-state index is 0.141. The maximum Gasteiger partial charge on any atom is 0.410 e. The lowest BCUT2D eigenvalue weighted by molar-refractivity contribution is -0.0340. The average molecular weight is 447 g/mol. The highest BCUT2D eigenvalue weighted by Gasteiger charge is 2.50. The van der Waals surface area contributed by atoms with E-state index in [1.54, 1.807) is 0 Å². The Kier molecular flexibility index (Phi) is 6.95. The van der Waals surface area contributed by atoms with Crippen molar-refractivity contribution in [2.24, 2.45) is 0 Å². The van der Waals surface area contributed by atoms with Crippen LogP contribution in [0.3, 0.4) is 0 Å². The predicted octanol–water partition coefficient (Wildman–Crippen LogP) is 5.66. The average Bonchev–Trinajstić information content (AvgIpc) is 2.96. The van der Waals surface area contributed by atoms with Crippen molar-refractivity contribution in [2.45, 2.75) is 103 Å². The molecule has 2 saturated heterocycles. The first-order chi connectivity index (χ1) is 14.3. The molecule has 1 amide bonds. The van der Waals surface area contributed by atoms with E-state index < -0.39 is 13.9 Å². The van der Waals surface area contributed by atoms with Crippen LogP contribution in [-0.2, 0) is 15.7 Å². The van der Waals surface area contributed by atoms with Crippen LogP contribution in [-0.4, -0.2) is 61.1 Å². The first-order valence-corrected chi connectivity index (χ1v) is 14.6. The van der Waals surface area contributed by atoms with Gasteiger partial charge in [0.15, 0.2) is 8.32 Å². The van der Waals surface area contributed by atoms with Crippen LogP contribution in [0.15, 0.2) is 30.3 Å². The molecule has 0 unspecified atom stereocenters. The smallest absolute Gasteiger partial charge is 0.410 e. The molecule has 6 heteroatoms. The van der Waals surface area contributed by atoms with Crippen molar-refractivity contribution < 1.29 is 14.0 Å². The number of fused-ring (bicyclic) bond motifs is 2. The Labute approximate surface area is 190 Å². The fraction of sp³-hybridized carbons (Fsp3) is 0.720. The molecule has 31 heavy (non-hydrogen) atoms. The van der Waals surface area contributed by atoms with Crippen molar-refractivity contribution in [3.05, 3.63) is 35.9 Å². The van der Waals surface area contributed by atoms with Crippen molar-refractivity contribution in [1.29, 1.82) is 0 Å².